The van der Waals surface area contributed by atoms with Gasteiger partial charge in [-0.2, -0.15) is 0 Å². The second kappa shape index (κ2) is 6.03. The highest BCUT2D eigenvalue weighted by Gasteiger charge is 2.29. The van der Waals surface area contributed by atoms with Crippen LogP contribution in [0.1, 0.15) is 53.9 Å². The minimum atomic E-state index is 0.262. The van der Waals surface area contributed by atoms with E-state index in [1.807, 2.05) is 0 Å². The zero-order valence-electron chi connectivity index (χ0n) is 13.9. The third-order valence-corrected chi connectivity index (χ3v) is 4.73. The van der Waals surface area contributed by atoms with E-state index in [1.54, 1.807) is 11.1 Å². The Labute approximate surface area is 124 Å². The fourth-order valence-corrected chi connectivity index (χ4v) is 3.36. The predicted molar refractivity (Wildman–Crippen MR) is 85.9 cm³/mol. The fourth-order valence-electron chi connectivity index (χ4n) is 3.36. The lowest BCUT2D eigenvalue weighted by molar-refractivity contribution is 0.144. The summed E-state index contributed by atoms with van der Waals surface area (Å²) in [4.78, 5) is 0. The van der Waals surface area contributed by atoms with E-state index in [4.69, 9.17) is 4.74 Å². The zero-order chi connectivity index (χ0) is 14.8. The lowest BCUT2D eigenvalue weighted by Gasteiger charge is -2.37. The maximum Gasteiger partial charge on any atom is 0.0650 e. The maximum absolute atomic E-state index is 5.44. The van der Waals surface area contributed by atoms with Gasteiger partial charge in [0.2, 0.25) is 0 Å². The van der Waals surface area contributed by atoms with Crippen LogP contribution < -0.4 is 5.32 Å². The molecule has 0 aromatic carbocycles. The first kappa shape index (κ1) is 15.8. The average molecular weight is 277 g/mol. The molecule has 1 unspecified atom stereocenters. The molecule has 2 aliphatic heterocycles. The molecule has 2 heterocycles. The second-order valence-electron chi connectivity index (χ2n) is 7.89. The normalized spacial score (nSPS) is 25.1. The number of ether oxygens (including phenoxy) is 1. The molecule has 2 aliphatic rings. The molecule has 0 saturated carbocycles. The van der Waals surface area contributed by atoms with E-state index in [-0.39, 0.29) is 5.41 Å². The Hall–Kier alpha value is -0.600. The lowest BCUT2D eigenvalue weighted by atomic mass is 9.74. The highest BCUT2D eigenvalue weighted by molar-refractivity contribution is 5.21. The van der Waals surface area contributed by atoms with Crippen molar-refractivity contribution in [3.63, 3.8) is 0 Å². The predicted octanol–water partition coefficient (Wildman–Crippen LogP) is 4.08. The van der Waals surface area contributed by atoms with Gasteiger partial charge in [-0.15, -0.1) is 0 Å². The minimum Gasteiger partial charge on any atom is -0.377 e. The van der Waals surface area contributed by atoms with E-state index < -0.39 is 0 Å². The molecular weight excluding hydrogens is 246 g/mol. The zero-order valence-corrected chi connectivity index (χ0v) is 13.9. The van der Waals surface area contributed by atoms with Gasteiger partial charge in [0.05, 0.1) is 13.2 Å². The molecule has 2 nitrogen and oxygen atoms in total. The summed E-state index contributed by atoms with van der Waals surface area (Å²) in [5, 5.41) is 3.68. The smallest absolute Gasteiger partial charge is 0.0650 e. The van der Waals surface area contributed by atoms with E-state index in [9.17, 15) is 0 Å². The van der Waals surface area contributed by atoms with Crippen LogP contribution in [0.4, 0.5) is 0 Å². The minimum absolute atomic E-state index is 0.262. The van der Waals surface area contributed by atoms with Gasteiger partial charge in [0.15, 0.2) is 0 Å². The molecule has 0 amide bonds. The summed E-state index contributed by atoms with van der Waals surface area (Å²) >= 11 is 0. The van der Waals surface area contributed by atoms with E-state index in [2.05, 4.69) is 52.1 Å². The third-order valence-electron chi connectivity index (χ3n) is 4.73. The van der Waals surface area contributed by atoms with Crippen LogP contribution in [-0.4, -0.2) is 25.8 Å². The van der Waals surface area contributed by atoms with Gasteiger partial charge >= 0.3 is 0 Å². The summed E-state index contributed by atoms with van der Waals surface area (Å²) in [5.41, 5.74) is 3.75. The van der Waals surface area contributed by atoms with Crippen molar-refractivity contribution < 1.29 is 4.74 Å². The van der Waals surface area contributed by atoms with E-state index in [1.165, 1.54) is 12.8 Å². The summed E-state index contributed by atoms with van der Waals surface area (Å²) in [6.45, 7) is 14.5. The number of rotatable bonds is 3. The van der Waals surface area contributed by atoms with Gasteiger partial charge in [-0.25, -0.2) is 0 Å². The van der Waals surface area contributed by atoms with Crippen molar-refractivity contribution in [3.05, 3.63) is 23.3 Å². The van der Waals surface area contributed by atoms with E-state index in [0.717, 1.165) is 26.2 Å². The van der Waals surface area contributed by atoms with Crippen molar-refractivity contribution in [2.45, 2.75) is 59.9 Å². The SMILES string of the molecule is CC(C)(C)C1=CC(CC(C)(C)C2=CCOCC2)NCC1. The van der Waals surface area contributed by atoms with Crippen molar-refractivity contribution in [1.29, 1.82) is 0 Å². The largest absolute Gasteiger partial charge is 0.377 e. The molecule has 0 aliphatic carbocycles. The molecule has 0 spiro atoms. The molecule has 0 bridgehead atoms. The molecule has 1 atom stereocenters. The van der Waals surface area contributed by atoms with Crippen LogP contribution >= 0.6 is 0 Å². The first-order valence-electron chi connectivity index (χ1n) is 8.01. The van der Waals surface area contributed by atoms with Crippen molar-refractivity contribution in [3.8, 4) is 0 Å². The Kier molecular flexibility index (Phi) is 4.76. The third kappa shape index (κ3) is 3.95. The van der Waals surface area contributed by atoms with E-state index in [0.29, 0.717) is 11.5 Å². The average Bonchev–Trinajstić information content (AvgIpc) is 2.38. The first-order valence-corrected chi connectivity index (χ1v) is 8.01. The molecule has 114 valence electrons. The Bertz CT molecular complexity index is 398. The molecule has 20 heavy (non-hydrogen) atoms. The van der Waals surface area contributed by atoms with Gasteiger partial charge in [-0.3, -0.25) is 0 Å². The summed E-state index contributed by atoms with van der Waals surface area (Å²) in [6, 6.07) is 0.511. The molecule has 0 aromatic rings. The summed E-state index contributed by atoms with van der Waals surface area (Å²) in [7, 11) is 0. The molecule has 2 heteroatoms. The number of hydrogen-bond donors (Lipinski definition) is 1. The van der Waals surface area contributed by atoms with Crippen molar-refractivity contribution >= 4 is 0 Å². The molecule has 1 N–H and O–H groups in total. The van der Waals surface area contributed by atoms with Crippen LogP contribution in [0.5, 0.6) is 0 Å². The van der Waals surface area contributed by atoms with Gasteiger partial charge in [0.25, 0.3) is 0 Å². The van der Waals surface area contributed by atoms with Crippen LogP contribution in [0, 0.1) is 10.8 Å². The number of hydrogen-bond acceptors (Lipinski definition) is 2. The van der Waals surface area contributed by atoms with Gasteiger partial charge < -0.3 is 10.1 Å². The Morgan fingerprint density at radius 1 is 1.15 bits per heavy atom. The molecule has 0 fully saturated rings. The molecule has 0 saturated heterocycles. The van der Waals surface area contributed by atoms with Crippen LogP contribution in [0.15, 0.2) is 23.3 Å². The van der Waals surface area contributed by atoms with E-state index >= 15 is 0 Å². The van der Waals surface area contributed by atoms with Gasteiger partial charge in [0.1, 0.15) is 0 Å². The van der Waals surface area contributed by atoms with Gasteiger partial charge in [-0.1, -0.05) is 57.9 Å². The maximum atomic E-state index is 5.44. The molecular formula is C18H31NO. The Morgan fingerprint density at radius 2 is 1.90 bits per heavy atom. The second-order valence-corrected chi connectivity index (χ2v) is 7.89. The van der Waals surface area contributed by atoms with Crippen LogP contribution in [0.25, 0.3) is 0 Å². The molecule has 0 aromatic heterocycles. The highest BCUT2D eigenvalue weighted by atomic mass is 16.5. The molecule has 2 rings (SSSR count). The van der Waals surface area contributed by atoms with Crippen LogP contribution in [-0.2, 0) is 4.74 Å². The Balaban J connectivity index is 2.07. The van der Waals surface area contributed by atoms with Gasteiger partial charge in [-0.05, 0) is 36.6 Å². The monoisotopic (exact) mass is 277 g/mol. The van der Waals surface area contributed by atoms with Crippen molar-refractivity contribution in [2.24, 2.45) is 10.8 Å². The first-order chi connectivity index (χ1) is 9.29. The summed E-state index contributed by atoms with van der Waals surface area (Å²) < 4.78 is 5.44. The number of nitrogens with one attached hydrogen (secondary N) is 1. The van der Waals surface area contributed by atoms with Crippen LogP contribution in [0.3, 0.4) is 0 Å². The van der Waals surface area contributed by atoms with Crippen molar-refractivity contribution in [1.82, 2.24) is 5.32 Å². The lowest BCUT2D eigenvalue weighted by Crippen LogP contribution is -2.38. The van der Waals surface area contributed by atoms with Gasteiger partial charge in [0, 0.05) is 6.04 Å². The quantitative estimate of drug-likeness (QED) is 0.785. The standard InChI is InChI=1S/C18H31NO/c1-17(2,3)15-6-9-19-16(12-15)13-18(4,5)14-7-10-20-11-8-14/h7,12,16,19H,6,8-11,13H2,1-5H3. The summed E-state index contributed by atoms with van der Waals surface area (Å²) in [5.74, 6) is 0. The Morgan fingerprint density at radius 3 is 2.50 bits per heavy atom. The summed E-state index contributed by atoms with van der Waals surface area (Å²) in [6.07, 6.45) is 8.25. The molecule has 0 radical (unpaired) electrons. The highest BCUT2D eigenvalue weighted by Crippen LogP contribution is 2.37. The fraction of sp³-hybridized carbons (Fsp3) is 0.778. The van der Waals surface area contributed by atoms with Crippen molar-refractivity contribution in [2.75, 3.05) is 19.8 Å². The van der Waals surface area contributed by atoms with Crippen LogP contribution in [0.2, 0.25) is 0 Å². The topological polar surface area (TPSA) is 21.3 Å².